The fourth-order valence-corrected chi connectivity index (χ4v) is 2.82. The van der Waals surface area contributed by atoms with E-state index in [9.17, 15) is 14.3 Å². The first-order valence-electron chi connectivity index (χ1n) is 7.33. The molecule has 1 aliphatic rings. The fourth-order valence-electron chi connectivity index (χ4n) is 2.82. The van der Waals surface area contributed by atoms with Gasteiger partial charge in [-0.25, -0.2) is 4.39 Å². The number of amides is 1. The van der Waals surface area contributed by atoms with Gasteiger partial charge in [0, 0.05) is 6.42 Å². The van der Waals surface area contributed by atoms with Crippen LogP contribution in [0.15, 0.2) is 42.5 Å². The number of halogens is 1. The fraction of sp³-hybridized carbons (Fsp3) is 0.353. The monoisotopic (exact) mass is 303 g/mol. The molecule has 2 atom stereocenters. The number of benzene rings is 2. The van der Waals surface area contributed by atoms with E-state index in [2.05, 4.69) is 0 Å². The summed E-state index contributed by atoms with van der Waals surface area (Å²) in [6.45, 7) is -0.338. The van der Waals surface area contributed by atoms with Crippen LogP contribution in [-0.4, -0.2) is 47.9 Å². The highest BCUT2D eigenvalue weighted by Gasteiger charge is 2.34. The summed E-state index contributed by atoms with van der Waals surface area (Å²) < 4.78 is 18.9. The van der Waals surface area contributed by atoms with Gasteiger partial charge in [0.25, 0.3) is 5.91 Å². The van der Waals surface area contributed by atoms with E-state index in [1.165, 1.54) is 4.90 Å². The third kappa shape index (κ3) is 3.04. The second-order valence-electron chi connectivity index (χ2n) is 5.51. The van der Waals surface area contributed by atoms with Crippen LogP contribution in [0.4, 0.5) is 4.39 Å². The lowest BCUT2D eigenvalue weighted by Gasteiger charge is -2.22. The molecule has 1 heterocycles. The second kappa shape index (κ2) is 6.32. The lowest BCUT2D eigenvalue weighted by Crippen LogP contribution is -2.40. The van der Waals surface area contributed by atoms with Gasteiger partial charge < -0.3 is 14.7 Å². The zero-order valence-electron chi connectivity index (χ0n) is 12.1. The number of hydrogen-bond acceptors (Lipinski definition) is 3. The molecule has 1 aliphatic heterocycles. The van der Waals surface area contributed by atoms with E-state index in [0.29, 0.717) is 5.75 Å². The summed E-state index contributed by atoms with van der Waals surface area (Å²) in [5.41, 5.74) is 0. The van der Waals surface area contributed by atoms with Crippen molar-refractivity contribution < 1.29 is 19.0 Å². The topological polar surface area (TPSA) is 49.8 Å². The van der Waals surface area contributed by atoms with Crippen molar-refractivity contribution in [3.05, 3.63) is 42.5 Å². The predicted octanol–water partition coefficient (Wildman–Crippen LogP) is 2.15. The maximum Gasteiger partial charge on any atom is 0.260 e. The number of aliphatic hydroxyl groups excluding tert-OH is 1. The largest absolute Gasteiger partial charge is 0.484 e. The highest BCUT2D eigenvalue weighted by atomic mass is 19.1. The average Bonchev–Trinajstić information content (AvgIpc) is 2.93. The van der Waals surface area contributed by atoms with Crippen molar-refractivity contribution in [1.82, 2.24) is 4.90 Å². The Hall–Kier alpha value is -2.14. The van der Waals surface area contributed by atoms with E-state index in [0.717, 1.165) is 10.8 Å². The lowest BCUT2D eigenvalue weighted by atomic mass is 10.1. The van der Waals surface area contributed by atoms with Crippen molar-refractivity contribution in [1.29, 1.82) is 0 Å². The summed E-state index contributed by atoms with van der Waals surface area (Å²) in [4.78, 5) is 13.5. The van der Waals surface area contributed by atoms with Crippen LogP contribution in [0.1, 0.15) is 6.42 Å². The minimum absolute atomic E-state index is 0.0329. The lowest BCUT2D eigenvalue weighted by molar-refractivity contribution is -0.135. The van der Waals surface area contributed by atoms with Crippen LogP contribution >= 0.6 is 0 Å². The van der Waals surface area contributed by atoms with Gasteiger partial charge >= 0.3 is 0 Å². The molecule has 0 saturated carbocycles. The number of carbonyl (C=O) groups is 1. The number of aliphatic hydroxyl groups is 1. The third-order valence-electron chi connectivity index (χ3n) is 3.98. The van der Waals surface area contributed by atoms with Crippen LogP contribution < -0.4 is 4.74 Å². The van der Waals surface area contributed by atoms with E-state index >= 15 is 0 Å². The highest BCUT2D eigenvalue weighted by molar-refractivity contribution is 5.84. The normalized spacial score (nSPS) is 21.3. The van der Waals surface area contributed by atoms with Crippen molar-refractivity contribution in [3.8, 4) is 5.75 Å². The molecule has 0 radical (unpaired) electrons. The van der Waals surface area contributed by atoms with E-state index in [4.69, 9.17) is 4.74 Å². The SMILES string of the molecule is O=C(COc1ccc2ccccc2c1)N1C[C@@H](F)C[C@H]1CO. The number of rotatable bonds is 4. The first kappa shape index (κ1) is 14.8. The molecule has 1 saturated heterocycles. The van der Waals surface area contributed by atoms with E-state index in [1.54, 1.807) is 6.07 Å². The summed E-state index contributed by atoms with van der Waals surface area (Å²) in [5, 5.41) is 11.3. The van der Waals surface area contributed by atoms with Crippen LogP contribution in [0.2, 0.25) is 0 Å². The summed E-state index contributed by atoms with van der Waals surface area (Å²) in [5.74, 6) is 0.302. The van der Waals surface area contributed by atoms with Crippen LogP contribution in [0.25, 0.3) is 10.8 Å². The number of likely N-dealkylation sites (tertiary alicyclic amines) is 1. The van der Waals surface area contributed by atoms with E-state index in [-0.39, 0.29) is 32.1 Å². The van der Waals surface area contributed by atoms with Gasteiger partial charge in [-0.1, -0.05) is 30.3 Å². The Kier molecular flexibility index (Phi) is 4.24. The van der Waals surface area contributed by atoms with Crippen molar-refractivity contribution in [2.24, 2.45) is 0 Å². The van der Waals surface area contributed by atoms with Gasteiger partial charge in [0.2, 0.25) is 0 Å². The number of carbonyl (C=O) groups excluding carboxylic acids is 1. The van der Waals surface area contributed by atoms with Crippen LogP contribution in [0, 0.1) is 0 Å². The molecule has 4 nitrogen and oxygen atoms in total. The Balaban J connectivity index is 1.64. The van der Waals surface area contributed by atoms with Crippen molar-refractivity contribution in [3.63, 3.8) is 0 Å². The Labute approximate surface area is 128 Å². The quantitative estimate of drug-likeness (QED) is 0.941. The molecule has 3 rings (SSSR count). The minimum Gasteiger partial charge on any atom is -0.484 e. The molecule has 0 spiro atoms. The number of hydrogen-bond donors (Lipinski definition) is 1. The smallest absolute Gasteiger partial charge is 0.260 e. The highest BCUT2D eigenvalue weighted by Crippen LogP contribution is 2.22. The zero-order valence-corrected chi connectivity index (χ0v) is 12.1. The van der Waals surface area contributed by atoms with Gasteiger partial charge in [-0.05, 0) is 22.9 Å². The van der Waals surface area contributed by atoms with Gasteiger partial charge in [0.15, 0.2) is 6.61 Å². The molecule has 0 aromatic heterocycles. The summed E-state index contributed by atoms with van der Waals surface area (Å²) in [7, 11) is 0. The average molecular weight is 303 g/mol. The molecular weight excluding hydrogens is 285 g/mol. The molecule has 22 heavy (non-hydrogen) atoms. The predicted molar refractivity (Wildman–Crippen MR) is 81.5 cm³/mol. The van der Waals surface area contributed by atoms with Gasteiger partial charge in [0.1, 0.15) is 11.9 Å². The van der Waals surface area contributed by atoms with Gasteiger partial charge in [-0.15, -0.1) is 0 Å². The van der Waals surface area contributed by atoms with Crippen LogP contribution in [-0.2, 0) is 4.79 Å². The molecule has 2 aromatic carbocycles. The molecule has 2 aromatic rings. The number of nitrogens with zero attached hydrogens (tertiary/aromatic N) is 1. The molecule has 0 bridgehead atoms. The number of fused-ring (bicyclic) bond motifs is 1. The second-order valence-corrected chi connectivity index (χ2v) is 5.51. The number of ether oxygens (including phenoxy) is 1. The molecular formula is C17H18FNO3. The summed E-state index contributed by atoms with van der Waals surface area (Å²) in [6, 6.07) is 13.0. The molecule has 1 fully saturated rings. The van der Waals surface area contributed by atoms with Crippen molar-refractivity contribution >= 4 is 16.7 Å². The Bertz CT molecular complexity index is 676. The Morgan fingerprint density at radius 2 is 2.05 bits per heavy atom. The molecule has 1 N–H and O–H groups in total. The first-order valence-corrected chi connectivity index (χ1v) is 7.33. The molecule has 116 valence electrons. The van der Waals surface area contributed by atoms with Gasteiger partial charge in [-0.3, -0.25) is 4.79 Å². The third-order valence-corrected chi connectivity index (χ3v) is 3.98. The first-order chi connectivity index (χ1) is 10.7. The molecule has 0 aliphatic carbocycles. The van der Waals surface area contributed by atoms with E-state index < -0.39 is 12.2 Å². The van der Waals surface area contributed by atoms with Crippen LogP contribution in [0.5, 0.6) is 5.75 Å². The zero-order chi connectivity index (χ0) is 15.5. The molecule has 5 heteroatoms. The Morgan fingerprint density at radius 3 is 2.82 bits per heavy atom. The Morgan fingerprint density at radius 1 is 1.27 bits per heavy atom. The van der Waals surface area contributed by atoms with Gasteiger partial charge in [-0.2, -0.15) is 0 Å². The number of alkyl halides is 1. The van der Waals surface area contributed by atoms with Crippen molar-refractivity contribution in [2.75, 3.05) is 19.8 Å². The van der Waals surface area contributed by atoms with Crippen LogP contribution in [0.3, 0.4) is 0 Å². The van der Waals surface area contributed by atoms with Crippen molar-refractivity contribution in [2.45, 2.75) is 18.6 Å². The maximum absolute atomic E-state index is 13.4. The summed E-state index contributed by atoms with van der Waals surface area (Å²) >= 11 is 0. The minimum atomic E-state index is -1.07. The summed E-state index contributed by atoms with van der Waals surface area (Å²) in [6.07, 6.45) is -0.875. The molecule has 1 amide bonds. The molecule has 0 unspecified atom stereocenters. The standard InChI is InChI=1S/C17H18FNO3/c18-14-8-15(10-20)19(9-14)17(21)11-22-16-6-5-12-3-1-2-4-13(12)7-16/h1-7,14-15,20H,8-11H2/t14-,15-/m0/s1. The van der Waals surface area contributed by atoms with Gasteiger partial charge in [0.05, 0.1) is 19.2 Å². The van der Waals surface area contributed by atoms with E-state index in [1.807, 2.05) is 36.4 Å². The maximum atomic E-state index is 13.4.